The normalized spacial score (nSPS) is 14.9. The number of halogens is 2. The average Bonchev–Trinajstić information content (AvgIpc) is 2.69. The molecule has 0 saturated carbocycles. The van der Waals surface area contributed by atoms with Gasteiger partial charge in [-0.05, 0) is 29.8 Å². The summed E-state index contributed by atoms with van der Waals surface area (Å²) < 4.78 is 10.6. The Morgan fingerprint density at radius 3 is 2.41 bits per heavy atom. The van der Waals surface area contributed by atoms with Crippen molar-refractivity contribution in [2.75, 3.05) is 40.4 Å². The second-order valence-electron chi connectivity index (χ2n) is 6.22. The Hall–Kier alpha value is -2.02. The molecule has 1 saturated heterocycles. The van der Waals surface area contributed by atoms with E-state index in [1.165, 1.54) is 0 Å². The van der Waals surface area contributed by atoms with Gasteiger partial charge >= 0.3 is 0 Å². The summed E-state index contributed by atoms with van der Waals surface area (Å²) in [5.74, 6) is 1.24. The number of carbonyl (C=O) groups excluding carboxylic acids is 1. The molecular weight excluding hydrogens is 389 g/mol. The molecule has 1 amide bonds. The van der Waals surface area contributed by atoms with Crippen LogP contribution < -0.4 is 9.47 Å². The second-order valence-corrected chi connectivity index (χ2v) is 7.02. The minimum absolute atomic E-state index is 0.187. The van der Waals surface area contributed by atoms with E-state index in [1.54, 1.807) is 31.3 Å². The number of carbonyl (C=O) groups is 1. The van der Waals surface area contributed by atoms with Gasteiger partial charge in [-0.1, -0.05) is 29.3 Å². The predicted molar refractivity (Wildman–Crippen MR) is 105 cm³/mol. The molecule has 0 radical (unpaired) electrons. The van der Waals surface area contributed by atoms with Crippen LogP contribution in [0.2, 0.25) is 10.2 Å². The van der Waals surface area contributed by atoms with Gasteiger partial charge in [-0.2, -0.15) is 0 Å². The lowest BCUT2D eigenvalue weighted by Gasteiger charge is -2.34. The van der Waals surface area contributed by atoms with Crippen LogP contribution in [0, 0.1) is 0 Å². The summed E-state index contributed by atoms with van der Waals surface area (Å²) >= 11 is 12.0. The van der Waals surface area contributed by atoms with E-state index >= 15 is 0 Å². The quantitative estimate of drug-likeness (QED) is 0.708. The molecule has 1 aliphatic rings. The maximum absolute atomic E-state index is 12.7. The zero-order chi connectivity index (χ0) is 19.4. The number of nitrogens with zero attached hydrogens (tertiary/aromatic N) is 3. The number of aromatic nitrogens is 1. The number of benzene rings is 1. The van der Waals surface area contributed by atoms with Gasteiger partial charge in [0.05, 0.1) is 19.2 Å². The lowest BCUT2D eigenvalue weighted by atomic mass is 10.1. The molecular formula is C19H21Cl2N3O3. The van der Waals surface area contributed by atoms with Gasteiger partial charge in [0.1, 0.15) is 10.8 Å². The smallest absolute Gasteiger partial charge is 0.274 e. The molecule has 0 aliphatic carbocycles. The third-order valence-corrected chi connectivity index (χ3v) is 5.04. The van der Waals surface area contributed by atoms with Crippen molar-refractivity contribution in [1.29, 1.82) is 0 Å². The Morgan fingerprint density at radius 2 is 1.74 bits per heavy atom. The van der Waals surface area contributed by atoms with Gasteiger partial charge < -0.3 is 14.4 Å². The first-order chi connectivity index (χ1) is 13.0. The Bertz CT molecular complexity index is 824. The molecule has 0 unspecified atom stereocenters. The number of methoxy groups -OCH3 is 2. The topological polar surface area (TPSA) is 54.9 Å². The highest BCUT2D eigenvalue weighted by molar-refractivity contribution is 6.34. The standard InChI is InChI=1S/C19H21Cl2N3O3/c1-26-15-5-3-13(11-16(15)27-2)12-23-7-9-24(10-8-23)19(25)18-14(20)4-6-17(21)22-18/h3-6,11H,7-10,12H2,1-2H3. The van der Waals surface area contributed by atoms with Crippen LogP contribution in [-0.2, 0) is 6.54 Å². The van der Waals surface area contributed by atoms with Gasteiger partial charge in [-0.3, -0.25) is 9.69 Å². The predicted octanol–water partition coefficient (Wildman–Crippen LogP) is 3.36. The number of pyridine rings is 1. The highest BCUT2D eigenvalue weighted by Gasteiger charge is 2.25. The molecule has 27 heavy (non-hydrogen) atoms. The van der Waals surface area contributed by atoms with Crippen molar-refractivity contribution in [2.24, 2.45) is 0 Å². The highest BCUT2D eigenvalue weighted by atomic mass is 35.5. The van der Waals surface area contributed by atoms with E-state index in [1.807, 2.05) is 18.2 Å². The maximum atomic E-state index is 12.7. The van der Waals surface area contributed by atoms with Crippen LogP contribution in [0.3, 0.4) is 0 Å². The first-order valence-electron chi connectivity index (χ1n) is 8.56. The third-order valence-electron chi connectivity index (χ3n) is 4.53. The monoisotopic (exact) mass is 409 g/mol. The van der Waals surface area contributed by atoms with Crippen LogP contribution in [-0.4, -0.2) is 61.1 Å². The molecule has 2 heterocycles. The summed E-state index contributed by atoms with van der Waals surface area (Å²) in [4.78, 5) is 20.8. The molecule has 0 bridgehead atoms. The number of rotatable bonds is 5. The highest BCUT2D eigenvalue weighted by Crippen LogP contribution is 2.28. The largest absolute Gasteiger partial charge is 0.493 e. The average molecular weight is 410 g/mol. The van der Waals surface area contributed by atoms with Crippen molar-refractivity contribution < 1.29 is 14.3 Å². The van der Waals surface area contributed by atoms with Crippen molar-refractivity contribution >= 4 is 29.1 Å². The summed E-state index contributed by atoms with van der Waals surface area (Å²) in [5, 5.41) is 0.576. The summed E-state index contributed by atoms with van der Waals surface area (Å²) in [6, 6.07) is 9.07. The molecule has 3 rings (SSSR count). The molecule has 1 fully saturated rings. The van der Waals surface area contributed by atoms with Gasteiger partial charge in [0, 0.05) is 32.7 Å². The van der Waals surface area contributed by atoms with Gasteiger partial charge in [-0.25, -0.2) is 4.98 Å². The van der Waals surface area contributed by atoms with Crippen LogP contribution in [0.15, 0.2) is 30.3 Å². The van der Waals surface area contributed by atoms with E-state index in [4.69, 9.17) is 32.7 Å². The zero-order valence-electron chi connectivity index (χ0n) is 15.2. The van der Waals surface area contributed by atoms with Gasteiger partial charge in [0.25, 0.3) is 5.91 Å². The molecule has 1 aliphatic heterocycles. The molecule has 0 spiro atoms. The van der Waals surface area contributed by atoms with Crippen LogP contribution in [0.5, 0.6) is 11.5 Å². The Morgan fingerprint density at radius 1 is 1.04 bits per heavy atom. The van der Waals surface area contributed by atoms with Crippen LogP contribution in [0.4, 0.5) is 0 Å². The molecule has 144 valence electrons. The Labute approximate surface area is 168 Å². The van der Waals surface area contributed by atoms with Crippen molar-refractivity contribution in [2.45, 2.75) is 6.54 Å². The van der Waals surface area contributed by atoms with Gasteiger partial charge in [-0.15, -0.1) is 0 Å². The first-order valence-corrected chi connectivity index (χ1v) is 9.32. The summed E-state index contributed by atoms with van der Waals surface area (Å²) in [5.41, 5.74) is 1.34. The van der Waals surface area contributed by atoms with Gasteiger partial charge in [0.2, 0.25) is 0 Å². The zero-order valence-corrected chi connectivity index (χ0v) is 16.8. The fourth-order valence-corrected chi connectivity index (χ4v) is 3.40. The number of amides is 1. The summed E-state index contributed by atoms with van der Waals surface area (Å²) in [7, 11) is 3.25. The van der Waals surface area contributed by atoms with Crippen LogP contribution in [0.1, 0.15) is 16.1 Å². The summed E-state index contributed by atoms with van der Waals surface area (Å²) in [6.45, 7) is 3.52. The minimum Gasteiger partial charge on any atom is -0.493 e. The third kappa shape index (κ3) is 4.64. The molecule has 6 nitrogen and oxygen atoms in total. The Kier molecular flexibility index (Phi) is 6.42. The lowest BCUT2D eigenvalue weighted by molar-refractivity contribution is 0.0623. The maximum Gasteiger partial charge on any atom is 0.274 e. The molecule has 1 aromatic carbocycles. The summed E-state index contributed by atoms with van der Waals surface area (Å²) in [6.07, 6.45) is 0. The van der Waals surface area contributed by atoms with E-state index in [0.29, 0.717) is 29.6 Å². The molecule has 8 heteroatoms. The molecule has 1 aromatic heterocycles. The second kappa shape index (κ2) is 8.78. The van der Waals surface area contributed by atoms with E-state index in [-0.39, 0.29) is 16.8 Å². The van der Waals surface area contributed by atoms with Crippen molar-refractivity contribution in [3.8, 4) is 11.5 Å². The van der Waals surface area contributed by atoms with E-state index in [0.717, 1.165) is 25.2 Å². The number of hydrogen-bond donors (Lipinski definition) is 0. The molecule has 2 aromatic rings. The number of ether oxygens (including phenoxy) is 2. The van der Waals surface area contributed by atoms with Crippen molar-refractivity contribution in [1.82, 2.24) is 14.8 Å². The molecule has 0 atom stereocenters. The van der Waals surface area contributed by atoms with Crippen LogP contribution >= 0.6 is 23.2 Å². The molecule has 0 N–H and O–H groups in total. The SMILES string of the molecule is COc1ccc(CN2CCN(C(=O)c3nc(Cl)ccc3Cl)CC2)cc1OC. The van der Waals surface area contributed by atoms with Crippen LogP contribution in [0.25, 0.3) is 0 Å². The number of hydrogen-bond acceptors (Lipinski definition) is 5. The van der Waals surface area contributed by atoms with Crippen molar-refractivity contribution in [3.63, 3.8) is 0 Å². The first kappa shape index (κ1) is 19.7. The van der Waals surface area contributed by atoms with Gasteiger partial charge in [0.15, 0.2) is 11.5 Å². The van der Waals surface area contributed by atoms with Crippen molar-refractivity contribution in [3.05, 3.63) is 51.8 Å². The van der Waals surface area contributed by atoms with E-state index in [9.17, 15) is 4.79 Å². The Balaban J connectivity index is 1.60. The fourth-order valence-electron chi connectivity index (χ4n) is 3.06. The van der Waals surface area contributed by atoms with E-state index in [2.05, 4.69) is 9.88 Å². The van der Waals surface area contributed by atoms with E-state index < -0.39 is 0 Å². The minimum atomic E-state index is -0.187. The number of piperazine rings is 1. The lowest BCUT2D eigenvalue weighted by Crippen LogP contribution is -2.48. The fraction of sp³-hybridized carbons (Fsp3) is 0.368.